The quantitative estimate of drug-likeness (QED) is 0.548. The summed E-state index contributed by atoms with van der Waals surface area (Å²) in [5.41, 5.74) is 1.36. The Hall–Kier alpha value is -0.430. The Morgan fingerprint density at radius 3 is 3.00 bits per heavy atom. The van der Waals surface area contributed by atoms with Gasteiger partial charge in [0.15, 0.2) is 0 Å². The van der Waals surface area contributed by atoms with Gasteiger partial charge in [-0.05, 0) is 12.0 Å². The van der Waals surface area contributed by atoms with Gasteiger partial charge in [0.05, 0.1) is 0 Å². The normalized spacial score (nSPS) is 17.3. The second-order valence-corrected chi connectivity index (χ2v) is 2.99. The van der Waals surface area contributed by atoms with E-state index < -0.39 is 0 Å². The lowest BCUT2D eigenvalue weighted by atomic mass is 10.0. The van der Waals surface area contributed by atoms with Crippen LogP contribution in [0.1, 0.15) is 26.2 Å². The summed E-state index contributed by atoms with van der Waals surface area (Å²) in [7, 11) is 0. The minimum atomic E-state index is 0.973. The summed E-state index contributed by atoms with van der Waals surface area (Å²) >= 11 is 5.17. The van der Waals surface area contributed by atoms with Crippen molar-refractivity contribution < 1.29 is 0 Å². The highest BCUT2D eigenvalue weighted by molar-refractivity contribution is 7.80. The maximum Gasteiger partial charge on any atom is 0.0221 e. The third-order valence-electron chi connectivity index (χ3n) is 1.61. The first kappa shape index (κ1) is 7.67. The predicted molar refractivity (Wildman–Crippen MR) is 49.3 cm³/mol. The Kier molecular flexibility index (Phi) is 2.82. The first-order valence-electron chi connectivity index (χ1n) is 3.73. The lowest BCUT2D eigenvalue weighted by Gasteiger charge is -2.07. The summed E-state index contributed by atoms with van der Waals surface area (Å²) in [6, 6.07) is 0. The van der Waals surface area contributed by atoms with Gasteiger partial charge in [0.2, 0.25) is 0 Å². The third-order valence-corrected chi connectivity index (χ3v) is 2.04. The molecule has 1 rings (SSSR count). The Morgan fingerprint density at radius 1 is 1.60 bits per heavy atom. The van der Waals surface area contributed by atoms with Gasteiger partial charge in [-0.25, -0.2) is 0 Å². The minimum Gasteiger partial charge on any atom is -0.0843 e. The fraction of sp³-hybridized carbons (Fsp3) is 0.444. The zero-order valence-corrected chi connectivity index (χ0v) is 7.08. The van der Waals surface area contributed by atoms with E-state index >= 15 is 0 Å². The molecule has 10 heavy (non-hydrogen) atoms. The summed E-state index contributed by atoms with van der Waals surface area (Å²) in [4.78, 5) is 1.13. The molecule has 0 aliphatic heterocycles. The van der Waals surface area contributed by atoms with E-state index in [-0.39, 0.29) is 0 Å². The highest BCUT2D eigenvalue weighted by Crippen LogP contribution is 2.14. The highest BCUT2D eigenvalue weighted by Gasteiger charge is 2.03. The lowest BCUT2D eigenvalue weighted by Crippen LogP contribution is -2.00. The van der Waals surface area contributed by atoms with E-state index in [4.69, 9.17) is 12.2 Å². The average Bonchev–Trinajstić information content (AvgIpc) is 1.94. The number of hydrogen-bond acceptors (Lipinski definition) is 1. The summed E-state index contributed by atoms with van der Waals surface area (Å²) in [6.07, 6.45) is 9.65. The molecule has 0 saturated heterocycles. The Bertz CT molecular complexity index is 187. The van der Waals surface area contributed by atoms with E-state index in [0.29, 0.717) is 0 Å². The molecule has 0 fully saturated rings. The summed E-state index contributed by atoms with van der Waals surface area (Å²) in [5.74, 6) is 0. The minimum absolute atomic E-state index is 0.973. The van der Waals surface area contributed by atoms with Crippen LogP contribution in [-0.4, -0.2) is 4.86 Å². The van der Waals surface area contributed by atoms with Crippen LogP contribution < -0.4 is 0 Å². The van der Waals surface area contributed by atoms with Crippen molar-refractivity contribution in [3.63, 3.8) is 0 Å². The molecule has 0 amide bonds. The van der Waals surface area contributed by atoms with Crippen LogP contribution in [-0.2, 0) is 0 Å². The van der Waals surface area contributed by atoms with Crippen molar-refractivity contribution in [3.05, 3.63) is 23.8 Å². The first-order chi connectivity index (χ1) is 4.84. The summed E-state index contributed by atoms with van der Waals surface area (Å²) in [5, 5.41) is 0. The number of hydrogen-bond donors (Lipinski definition) is 0. The summed E-state index contributed by atoms with van der Waals surface area (Å²) in [6.45, 7) is 2.18. The molecule has 0 atom stereocenters. The van der Waals surface area contributed by atoms with Crippen LogP contribution in [0.25, 0.3) is 0 Å². The Balaban J connectivity index is 2.61. The SMILES string of the molecule is CCCC1=CC=CCC1=S. The molecule has 0 aromatic carbocycles. The van der Waals surface area contributed by atoms with Crippen LogP contribution in [0.2, 0.25) is 0 Å². The lowest BCUT2D eigenvalue weighted by molar-refractivity contribution is 0.934. The molecule has 1 aliphatic carbocycles. The zero-order chi connectivity index (χ0) is 7.40. The number of rotatable bonds is 2. The smallest absolute Gasteiger partial charge is 0.0221 e. The van der Waals surface area contributed by atoms with Crippen LogP contribution in [0.15, 0.2) is 23.8 Å². The van der Waals surface area contributed by atoms with Crippen LogP contribution in [0.3, 0.4) is 0 Å². The van der Waals surface area contributed by atoms with E-state index in [0.717, 1.165) is 17.7 Å². The summed E-state index contributed by atoms with van der Waals surface area (Å²) < 4.78 is 0. The van der Waals surface area contributed by atoms with Crippen LogP contribution in [0, 0.1) is 0 Å². The predicted octanol–water partition coefficient (Wildman–Crippen LogP) is 3.04. The zero-order valence-electron chi connectivity index (χ0n) is 6.26. The second kappa shape index (κ2) is 3.67. The van der Waals surface area contributed by atoms with E-state index in [1.54, 1.807) is 0 Å². The van der Waals surface area contributed by atoms with Gasteiger partial charge in [0.1, 0.15) is 0 Å². The van der Waals surface area contributed by atoms with E-state index in [1.807, 2.05) is 0 Å². The molecular formula is C9H12S. The van der Waals surface area contributed by atoms with Crippen LogP contribution in [0.5, 0.6) is 0 Å². The second-order valence-electron chi connectivity index (χ2n) is 2.50. The largest absolute Gasteiger partial charge is 0.0843 e. The average molecular weight is 152 g/mol. The van der Waals surface area contributed by atoms with Gasteiger partial charge in [-0.15, -0.1) is 0 Å². The van der Waals surface area contributed by atoms with Gasteiger partial charge in [0.25, 0.3) is 0 Å². The maximum atomic E-state index is 5.17. The Morgan fingerprint density at radius 2 is 2.40 bits per heavy atom. The molecule has 0 bridgehead atoms. The Labute approximate surface area is 67.6 Å². The molecule has 0 aromatic heterocycles. The van der Waals surface area contributed by atoms with E-state index in [1.165, 1.54) is 12.0 Å². The standard InChI is InChI=1S/C9H12S/c1-2-5-8-6-3-4-7-9(8)10/h3-4,6H,2,5,7H2,1H3. The fourth-order valence-electron chi connectivity index (χ4n) is 1.08. The van der Waals surface area contributed by atoms with Crippen molar-refractivity contribution in [2.75, 3.05) is 0 Å². The monoisotopic (exact) mass is 152 g/mol. The van der Waals surface area contributed by atoms with Crippen LogP contribution in [0.4, 0.5) is 0 Å². The van der Waals surface area contributed by atoms with E-state index in [2.05, 4.69) is 25.2 Å². The molecule has 0 radical (unpaired) electrons. The molecule has 1 aliphatic rings. The molecule has 0 aromatic rings. The first-order valence-corrected chi connectivity index (χ1v) is 4.14. The van der Waals surface area contributed by atoms with E-state index in [9.17, 15) is 0 Å². The topological polar surface area (TPSA) is 0 Å². The van der Waals surface area contributed by atoms with Crippen LogP contribution >= 0.6 is 12.2 Å². The van der Waals surface area contributed by atoms with Crippen molar-refractivity contribution in [2.45, 2.75) is 26.2 Å². The molecule has 0 nitrogen and oxygen atoms in total. The number of allylic oxidation sites excluding steroid dienone is 4. The fourth-order valence-corrected chi connectivity index (χ4v) is 1.34. The van der Waals surface area contributed by atoms with Crippen molar-refractivity contribution in [1.82, 2.24) is 0 Å². The van der Waals surface area contributed by atoms with Crippen molar-refractivity contribution in [1.29, 1.82) is 0 Å². The van der Waals surface area contributed by atoms with Crippen molar-refractivity contribution >= 4 is 17.1 Å². The van der Waals surface area contributed by atoms with Crippen molar-refractivity contribution in [2.24, 2.45) is 0 Å². The van der Waals surface area contributed by atoms with Gasteiger partial charge < -0.3 is 0 Å². The number of thiocarbonyl (C=S) groups is 1. The van der Waals surface area contributed by atoms with Gasteiger partial charge >= 0.3 is 0 Å². The molecule has 1 heteroatoms. The van der Waals surface area contributed by atoms with Gasteiger partial charge in [-0.3, -0.25) is 0 Å². The molecular weight excluding hydrogens is 140 g/mol. The third kappa shape index (κ3) is 1.77. The molecule has 0 saturated carbocycles. The molecule has 0 spiro atoms. The van der Waals surface area contributed by atoms with Gasteiger partial charge in [-0.1, -0.05) is 43.8 Å². The maximum absolute atomic E-state index is 5.17. The molecule has 0 unspecified atom stereocenters. The van der Waals surface area contributed by atoms with Gasteiger partial charge in [-0.2, -0.15) is 0 Å². The van der Waals surface area contributed by atoms with Crippen molar-refractivity contribution in [3.8, 4) is 0 Å². The van der Waals surface area contributed by atoms with Gasteiger partial charge in [0, 0.05) is 11.3 Å². The molecule has 0 N–H and O–H groups in total. The molecule has 54 valence electrons. The molecule has 0 heterocycles. The highest BCUT2D eigenvalue weighted by atomic mass is 32.1.